The van der Waals surface area contributed by atoms with E-state index in [0.717, 1.165) is 0 Å². The molecule has 0 radical (unpaired) electrons. The first-order valence-corrected chi connectivity index (χ1v) is 12.2. The van der Waals surface area contributed by atoms with Crippen molar-refractivity contribution in [3.05, 3.63) is 48.6 Å². The average molecular weight is 490 g/mol. The molecular formula is C25H31O8P. The maximum Gasteiger partial charge on any atom is 0.365 e. The number of rotatable bonds is 10. The van der Waals surface area contributed by atoms with Gasteiger partial charge in [0.05, 0.1) is 19.3 Å². The van der Waals surface area contributed by atoms with Crippen LogP contribution in [0, 0.1) is 0 Å². The van der Waals surface area contributed by atoms with E-state index in [1.807, 2.05) is 0 Å². The first kappa shape index (κ1) is 27.3. The number of carbonyl (C=O) groups is 2. The lowest BCUT2D eigenvalue weighted by Gasteiger charge is -2.26. The Bertz CT molecular complexity index is 1170. The fourth-order valence-electron chi connectivity index (χ4n) is 2.91. The van der Waals surface area contributed by atoms with Gasteiger partial charge in [-0.2, -0.15) is 0 Å². The molecule has 184 valence electrons. The summed E-state index contributed by atoms with van der Waals surface area (Å²) in [4.78, 5) is 24.9. The molecule has 9 heteroatoms. The number of carbonyl (C=O) groups excluding carboxylic acids is 2. The van der Waals surface area contributed by atoms with E-state index in [1.54, 1.807) is 45.9 Å². The fourth-order valence-corrected chi connectivity index (χ4v) is 4.99. The van der Waals surface area contributed by atoms with Crippen LogP contribution < -0.4 is 19.5 Å². The van der Waals surface area contributed by atoms with Crippen LogP contribution in [-0.4, -0.2) is 31.3 Å². The molecule has 0 aromatic heterocycles. The maximum atomic E-state index is 14.1. The van der Waals surface area contributed by atoms with Crippen LogP contribution >= 0.6 is 7.60 Å². The molecule has 34 heavy (non-hydrogen) atoms. The minimum atomic E-state index is -4.08. The summed E-state index contributed by atoms with van der Waals surface area (Å²) in [6.45, 7) is 17.0. The van der Waals surface area contributed by atoms with Crippen molar-refractivity contribution < 1.29 is 37.4 Å². The Morgan fingerprint density at radius 1 is 0.853 bits per heavy atom. The SMILES string of the molecule is C=C(C)C(=O)Oc1cc(P(=O)(OC(C)C)OC(C)C)c(OC(=O)C(=C)C)c2ccc(OC)cc12. The summed E-state index contributed by atoms with van der Waals surface area (Å²) in [6.07, 6.45) is -0.996. The van der Waals surface area contributed by atoms with Crippen LogP contribution in [0.5, 0.6) is 17.2 Å². The molecule has 2 aromatic carbocycles. The standard InChI is InChI=1S/C25H31O8P/c1-14(2)24(26)30-21-13-22(34(28,32-16(5)6)33-17(7)8)23(31-25(27)15(3)4)19-11-10-18(29-9)12-20(19)21/h10-13,16-17H,1,3H2,2,4-9H3. The minimum absolute atomic E-state index is 0.0481. The van der Waals surface area contributed by atoms with Crippen molar-refractivity contribution in [1.29, 1.82) is 0 Å². The molecule has 0 bridgehead atoms. The second-order valence-electron chi connectivity index (χ2n) is 8.28. The van der Waals surface area contributed by atoms with Gasteiger partial charge in [0.1, 0.15) is 16.8 Å². The minimum Gasteiger partial charge on any atom is -0.497 e. The van der Waals surface area contributed by atoms with Crippen LogP contribution in [0.4, 0.5) is 0 Å². The molecular weight excluding hydrogens is 459 g/mol. The lowest BCUT2D eigenvalue weighted by Crippen LogP contribution is -2.22. The number of benzene rings is 2. The third-order valence-corrected chi connectivity index (χ3v) is 6.65. The number of fused-ring (bicyclic) bond motifs is 1. The van der Waals surface area contributed by atoms with Crippen molar-refractivity contribution in [2.75, 3.05) is 7.11 Å². The number of esters is 2. The van der Waals surface area contributed by atoms with Gasteiger partial charge >= 0.3 is 19.5 Å². The van der Waals surface area contributed by atoms with Crippen molar-refractivity contribution in [1.82, 2.24) is 0 Å². The van der Waals surface area contributed by atoms with E-state index in [4.69, 9.17) is 23.3 Å². The van der Waals surface area contributed by atoms with Gasteiger partial charge in [-0.15, -0.1) is 0 Å². The quantitative estimate of drug-likeness (QED) is 0.187. The van der Waals surface area contributed by atoms with Gasteiger partial charge in [-0.1, -0.05) is 13.2 Å². The molecule has 2 aromatic rings. The van der Waals surface area contributed by atoms with Gasteiger partial charge in [0.25, 0.3) is 0 Å². The van der Waals surface area contributed by atoms with Gasteiger partial charge in [0.15, 0.2) is 5.75 Å². The van der Waals surface area contributed by atoms with Gasteiger partial charge in [-0.3, -0.25) is 4.57 Å². The zero-order chi connectivity index (χ0) is 25.8. The summed E-state index contributed by atoms with van der Waals surface area (Å²) >= 11 is 0. The predicted molar refractivity (Wildman–Crippen MR) is 131 cm³/mol. The van der Waals surface area contributed by atoms with Crippen LogP contribution in [0.2, 0.25) is 0 Å². The third-order valence-electron chi connectivity index (χ3n) is 4.33. The number of hydrogen-bond acceptors (Lipinski definition) is 8. The molecule has 0 saturated heterocycles. The number of ether oxygens (including phenoxy) is 3. The second-order valence-corrected chi connectivity index (χ2v) is 10.2. The predicted octanol–water partition coefficient (Wildman–Crippen LogP) is 5.48. The summed E-state index contributed by atoms with van der Waals surface area (Å²) in [5, 5.41) is 0.645. The van der Waals surface area contributed by atoms with E-state index in [-0.39, 0.29) is 27.9 Å². The zero-order valence-corrected chi connectivity index (χ0v) is 21.5. The second kappa shape index (κ2) is 11.0. The van der Waals surface area contributed by atoms with Crippen LogP contribution in [0.15, 0.2) is 48.6 Å². The molecule has 0 aliphatic rings. The fraction of sp³-hybridized carbons (Fsp3) is 0.360. The lowest BCUT2D eigenvalue weighted by molar-refractivity contribution is -0.131. The van der Waals surface area contributed by atoms with Gasteiger partial charge in [0, 0.05) is 28.0 Å². The Kier molecular flexibility index (Phi) is 8.83. The van der Waals surface area contributed by atoms with Gasteiger partial charge in [-0.25, -0.2) is 9.59 Å². The highest BCUT2D eigenvalue weighted by molar-refractivity contribution is 7.62. The van der Waals surface area contributed by atoms with Gasteiger partial charge in [-0.05, 0) is 59.7 Å². The van der Waals surface area contributed by atoms with Crippen molar-refractivity contribution in [3.63, 3.8) is 0 Å². The highest BCUT2D eigenvalue weighted by atomic mass is 31.2. The highest BCUT2D eigenvalue weighted by Gasteiger charge is 2.37. The van der Waals surface area contributed by atoms with E-state index in [9.17, 15) is 14.2 Å². The molecule has 0 aliphatic carbocycles. The lowest BCUT2D eigenvalue weighted by atomic mass is 10.1. The number of methoxy groups -OCH3 is 1. The van der Waals surface area contributed by atoms with Gasteiger partial charge in [0.2, 0.25) is 0 Å². The first-order chi connectivity index (χ1) is 15.8. The van der Waals surface area contributed by atoms with E-state index in [1.165, 1.54) is 27.0 Å². The smallest absolute Gasteiger partial charge is 0.365 e. The summed E-state index contributed by atoms with van der Waals surface area (Å²) in [6, 6.07) is 6.17. The van der Waals surface area contributed by atoms with Crippen LogP contribution in [0.25, 0.3) is 10.8 Å². The molecule has 0 amide bonds. The van der Waals surface area contributed by atoms with Crippen molar-refractivity contribution in [3.8, 4) is 17.2 Å². The maximum absolute atomic E-state index is 14.1. The zero-order valence-electron chi connectivity index (χ0n) is 20.6. The van der Waals surface area contributed by atoms with E-state index in [2.05, 4.69) is 13.2 Å². The summed E-state index contributed by atoms with van der Waals surface area (Å²) in [5.41, 5.74) is 0.296. The molecule has 0 N–H and O–H groups in total. The van der Waals surface area contributed by atoms with E-state index in [0.29, 0.717) is 16.5 Å². The Labute approximate surface area is 200 Å². The van der Waals surface area contributed by atoms with E-state index < -0.39 is 31.7 Å². The van der Waals surface area contributed by atoms with Crippen LogP contribution in [-0.2, 0) is 23.2 Å². The molecule has 0 spiro atoms. The summed E-state index contributed by atoms with van der Waals surface area (Å²) < 4.78 is 42.1. The van der Waals surface area contributed by atoms with Crippen molar-refractivity contribution in [2.45, 2.75) is 53.8 Å². The molecule has 8 nitrogen and oxygen atoms in total. The highest BCUT2D eigenvalue weighted by Crippen LogP contribution is 2.54. The monoisotopic (exact) mass is 490 g/mol. The van der Waals surface area contributed by atoms with Crippen molar-refractivity contribution in [2.24, 2.45) is 0 Å². The van der Waals surface area contributed by atoms with Gasteiger partial charge < -0.3 is 23.3 Å². The molecule has 0 fully saturated rings. The number of hydrogen-bond donors (Lipinski definition) is 0. The average Bonchev–Trinajstić information content (AvgIpc) is 2.72. The first-order valence-electron chi connectivity index (χ1n) is 10.7. The largest absolute Gasteiger partial charge is 0.497 e. The molecule has 2 rings (SSSR count). The molecule has 0 heterocycles. The normalized spacial score (nSPS) is 11.6. The molecule has 0 unspecified atom stereocenters. The van der Waals surface area contributed by atoms with Crippen LogP contribution in [0.3, 0.4) is 0 Å². The Morgan fingerprint density at radius 3 is 1.85 bits per heavy atom. The topological polar surface area (TPSA) is 97.4 Å². The van der Waals surface area contributed by atoms with E-state index >= 15 is 0 Å². The Morgan fingerprint density at radius 2 is 1.38 bits per heavy atom. The third kappa shape index (κ3) is 6.35. The summed E-state index contributed by atoms with van der Waals surface area (Å²) in [5.74, 6) is -0.959. The van der Waals surface area contributed by atoms with Crippen LogP contribution in [0.1, 0.15) is 41.5 Å². The molecule has 0 aliphatic heterocycles. The Hall–Kier alpha value is -2.93. The molecule has 0 atom stereocenters. The van der Waals surface area contributed by atoms with Crippen molar-refractivity contribution >= 4 is 35.6 Å². The summed E-state index contributed by atoms with van der Waals surface area (Å²) in [7, 11) is -2.59. The molecule has 0 saturated carbocycles. The Balaban J connectivity index is 2.99.